The monoisotopic (exact) mass is 460 g/mol. The first-order valence-corrected chi connectivity index (χ1v) is 11.7. The number of rotatable bonds is 10. The molecule has 2 aromatic rings. The average molecular weight is 461 g/mol. The predicted molar refractivity (Wildman–Crippen MR) is 124 cm³/mol. The van der Waals surface area contributed by atoms with E-state index < -0.39 is 5.60 Å². The molecular weight excluding hydrogens is 426 g/mol. The van der Waals surface area contributed by atoms with Crippen molar-refractivity contribution in [1.29, 1.82) is 0 Å². The zero-order valence-electron chi connectivity index (χ0n) is 19.2. The van der Waals surface area contributed by atoms with Gasteiger partial charge >= 0.3 is 6.09 Å². The Labute approximate surface area is 194 Å². The third kappa shape index (κ3) is 6.74. The van der Waals surface area contributed by atoms with Crippen molar-refractivity contribution in [3.63, 3.8) is 0 Å². The minimum Gasteiger partial charge on any atom is -0.450 e. The molecule has 0 aliphatic carbocycles. The quantitative estimate of drug-likeness (QED) is 0.499. The second kappa shape index (κ2) is 12.1. The van der Waals surface area contributed by atoms with Crippen molar-refractivity contribution in [2.24, 2.45) is 5.92 Å². The SMILES string of the molecule is CNC(=O)OCCCCCCN1CCC(C(O)(c2ccc(F)cc2)c2ccc(F)cc2)CC1. The van der Waals surface area contributed by atoms with Gasteiger partial charge in [-0.2, -0.15) is 0 Å². The van der Waals surface area contributed by atoms with Gasteiger partial charge in [0.15, 0.2) is 0 Å². The molecule has 180 valence electrons. The molecule has 7 heteroatoms. The molecule has 5 nitrogen and oxygen atoms in total. The van der Waals surface area contributed by atoms with Crippen LogP contribution in [0.5, 0.6) is 0 Å². The van der Waals surface area contributed by atoms with Gasteiger partial charge in [-0.1, -0.05) is 37.1 Å². The van der Waals surface area contributed by atoms with Gasteiger partial charge in [0.25, 0.3) is 0 Å². The molecule has 0 saturated carbocycles. The molecule has 0 aromatic heterocycles. The molecule has 0 spiro atoms. The van der Waals surface area contributed by atoms with Crippen molar-refractivity contribution in [2.45, 2.75) is 44.1 Å². The van der Waals surface area contributed by atoms with Gasteiger partial charge in [0.2, 0.25) is 0 Å². The molecule has 1 aliphatic heterocycles. The van der Waals surface area contributed by atoms with E-state index in [2.05, 4.69) is 10.2 Å². The highest BCUT2D eigenvalue weighted by Gasteiger charge is 2.41. The molecule has 1 fully saturated rings. The fourth-order valence-corrected chi connectivity index (χ4v) is 4.65. The van der Waals surface area contributed by atoms with E-state index in [1.54, 1.807) is 31.3 Å². The summed E-state index contributed by atoms with van der Waals surface area (Å²) >= 11 is 0. The third-order valence-electron chi connectivity index (χ3n) is 6.55. The molecule has 2 aromatic carbocycles. The molecule has 2 N–H and O–H groups in total. The van der Waals surface area contributed by atoms with Crippen LogP contribution >= 0.6 is 0 Å². The number of nitrogens with zero attached hydrogens (tertiary/aromatic N) is 1. The molecule has 33 heavy (non-hydrogen) atoms. The number of carbonyl (C=O) groups excluding carboxylic acids is 1. The highest BCUT2D eigenvalue weighted by molar-refractivity contribution is 5.66. The zero-order chi connectivity index (χ0) is 23.7. The fourth-order valence-electron chi connectivity index (χ4n) is 4.65. The molecule has 0 atom stereocenters. The van der Waals surface area contributed by atoms with Gasteiger partial charge in [0, 0.05) is 7.05 Å². The Morgan fingerprint density at radius 2 is 1.48 bits per heavy atom. The predicted octanol–water partition coefficient (Wildman–Crippen LogP) is 4.83. The highest BCUT2D eigenvalue weighted by Crippen LogP contribution is 2.42. The number of aliphatic hydroxyl groups is 1. The number of likely N-dealkylation sites (tertiary alicyclic amines) is 1. The number of halogens is 2. The lowest BCUT2D eigenvalue weighted by Gasteiger charge is -2.42. The van der Waals surface area contributed by atoms with E-state index in [4.69, 9.17) is 4.74 Å². The van der Waals surface area contributed by atoms with Crippen LogP contribution in [0.3, 0.4) is 0 Å². The van der Waals surface area contributed by atoms with Crippen LogP contribution in [0, 0.1) is 17.6 Å². The largest absolute Gasteiger partial charge is 0.450 e. The number of nitrogens with one attached hydrogen (secondary N) is 1. The molecule has 0 bridgehead atoms. The van der Waals surface area contributed by atoms with Gasteiger partial charge in [0.05, 0.1) is 6.61 Å². The number of hydrogen-bond acceptors (Lipinski definition) is 4. The number of hydrogen-bond donors (Lipinski definition) is 2. The van der Waals surface area contributed by atoms with Crippen LogP contribution in [0.2, 0.25) is 0 Å². The zero-order valence-corrected chi connectivity index (χ0v) is 19.2. The van der Waals surface area contributed by atoms with E-state index in [0.29, 0.717) is 17.7 Å². The van der Waals surface area contributed by atoms with Crippen LogP contribution in [-0.4, -0.2) is 49.4 Å². The maximum Gasteiger partial charge on any atom is 0.406 e. The van der Waals surface area contributed by atoms with Crippen molar-refractivity contribution < 1.29 is 23.4 Å². The second-order valence-electron chi connectivity index (χ2n) is 8.70. The van der Waals surface area contributed by atoms with Gasteiger partial charge in [-0.3, -0.25) is 0 Å². The van der Waals surface area contributed by atoms with Gasteiger partial charge in [-0.15, -0.1) is 0 Å². The molecule has 1 heterocycles. The first-order valence-electron chi connectivity index (χ1n) is 11.7. The summed E-state index contributed by atoms with van der Waals surface area (Å²) in [6.45, 7) is 3.18. The summed E-state index contributed by atoms with van der Waals surface area (Å²) in [5, 5.41) is 14.3. The summed E-state index contributed by atoms with van der Waals surface area (Å²) in [5.41, 5.74) is -0.0287. The van der Waals surface area contributed by atoms with E-state index in [9.17, 15) is 18.7 Å². The van der Waals surface area contributed by atoms with Gasteiger partial charge in [-0.25, -0.2) is 13.6 Å². The summed E-state index contributed by atoms with van der Waals surface area (Å²) in [5.74, 6) is -0.753. The Kier molecular flexibility index (Phi) is 9.21. The lowest BCUT2D eigenvalue weighted by atomic mass is 9.72. The number of carbonyl (C=O) groups is 1. The van der Waals surface area contributed by atoms with Crippen LogP contribution in [0.4, 0.5) is 13.6 Å². The molecular formula is C26H34F2N2O3. The molecule has 0 radical (unpaired) electrons. The van der Waals surface area contributed by atoms with Crippen molar-refractivity contribution in [2.75, 3.05) is 33.3 Å². The molecule has 1 amide bonds. The highest BCUT2D eigenvalue weighted by atomic mass is 19.1. The fraction of sp³-hybridized carbons (Fsp3) is 0.500. The van der Waals surface area contributed by atoms with Gasteiger partial charge in [-0.05, 0) is 86.6 Å². The molecule has 0 unspecified atom stereocenters. The Hall–Kier alpha value is -2.51. The minimum atomic E-state index is -1.29. The van der Waals surface area contributed by atoms with Gasteiger partial charge in [0.1, 0.15) is 17.2 Å². The Balaban J connectivity index is 1.53. The smallest absolute Gasteiger partial charge is 0.406 e. The van der Waals surface area contributed by atoms with E-state index in [1.165, 1.54) is 24.3 Å². The number of alkyl carbamates (subject to hydrolysis) is 1. The van der Waals surface area contributed by atoms with Gasteiger partial charge < -0.3 is 20.1 Å². The maximum atomic E-state index is 13.5. The summed E-state index contributed by atoms with van der Waals surface area (Å²) in [7, 11) is 1.55. The summed E-state index contributed by atoms with van der Waals surface area (Å²) in [4.78, 5) is 13.4. The molecule has 1 aliphatic rings. The molecule has 1 saturated heterocycles. The van der Waals surface area contributed by atoms with Crippen LogP contribution in [0.25, 0.3) is 0 Å². The number of ether oxygens (including phenoxy) is 1. The average Bonchev–Trinajstić information content (AvgIpc) is 2.84. The number of piperidine rings is 1. The first-order chi connectivity index (χ1) is 15.9. The van der Waals surface area contributed by atoms with E-state index >= 15 is 0 Å². The Bertz CT molecular complexity index is 821. The Morgan fingerprint density at radius 3 is 2.00 bits per heavy atom. The topological polar surface area (TPSA) is 61.8 Å². The van der Waals surface area contributed by atoms with Crippen molar-refractivity contribution in [1.82, 2.24) is 10.2 Å². The van der Waals surface area contributed by atoms with E-state index in [1.807, 2.05) is 0 Å². The number of unbranched alkanes of at least 4 members (excludes halogenated alkanes) is 3. The second-order valence-corrected chi connectivity index (χ2v) is 8.70. The van der Waals surface area contributed by atoms with Crippen molar-refractivity contribution >= 4 is 6.09 Å². The molecule has 3 rings (SSSR count). The lowest BCUT2D eigenvalue weighted by molar-refractivity contribution is -0.0144. The summed E-state index contributed by atoms with van der Waals surface area (Å²) in [6, 6.07) is 11.9. The lowest BCUT2D eigenvalue weighted by Crippen LogP contribution is -2.44. The van der Waals surface area contributed by atoms with Crippen molar-refractivity contribution in [3.05, 3.63) is 71.3 Å². The minimum absolute atomic E-state index is 0.0495. The van der Waals surface area contributed by atoms with E-state index in [0.717, 1.165) is 58.2 Å². The van der Waals surface area contributed by atoms with Crippen LogP contribution in [-0.2, 0) is 10.3 Å². The first kappa shape index (κ1) is 25.1. The van der Waals surface area contributed by atoms with Crippen LogP contribution in [0.15, 0.2) is 48.5 Å². The number of amides is 1. The maximum absolute atomic E-state index is 13.5. The Morgan fingerprint density at radius 1 is 0.970 bits per heavy atom. The van der Waals surface area contributed by atoms with E-state index in [-0.39, 0.29) is 23.6 Å². The standard InChI is InChI=1S/C26H34F2N2O3/c1-29-25(31)33-19-5-3-2-4-16-30-17-14-22(15-18-30)26(32,20-6-10-23(27)11-7-20)21-8-12-24(28)13-9-21/h6-13,22,32H,2-5,14-19H2,1H3,(H,29,31). The van der Waals surface area contributed by atoms with Crippen molar-refractivity contribution in [3.8, 4) is 0 Å². The summed E-state index contributed by atoms with van der Waals surface area (Å²) < 4.78 is 32.0. The normalized spacial score (nSPS) is 15.4. The number of benzene rings is 2. The third-order valence-corrected chi connectivity index (χ3v) is 6.55. The van der Waals surface area contributed by atoms with Crippen LogP contribution < -0.4 is 5.32 Å². The summed E-state index contributed by atoms with van der Waals surface area (Å²) in [6.07, 6.45) is 5.23. The van der Waals surface area contributed by atoms with Crippen LogP contribution in [0.1, 0.15) is 49.7 Å².